The summed E-state index contributed by atoms with van der Waals surface area (Å²) >= 11 is 25.6. The molecule has 0 unspecified atom stereocenters. The second-order valence-corrected chi connectivity index (χ2v) is 9.64. The molecule has 2 N–H and O–H groups in total. The number of aromatic hydroxyl groups is 1. The van der Waals surface area contributed by atoms with E-state index in [0.29, 0.717) is 28.5 Å². The number of rotatable bonds is 4. The van der Waals surface area contributed by atoms with Gasteiger partial charge in [-0.05, 0) is 36.1 Å². The number of carbonyl (C=O) groups is 1. The number of halogens is 4. The average Bonchev–Trinajstić information content (AvgIpc) is 2.71. The summed E-state index contributed by atoms with van der Waals surface area (Å²) in [4.78, 5) is 24.5. The second kappa shape index (κ2) is 8.73. The van der Waals surface area contributed by atoms with Gasteiger partial charge in [0.2, 0.25) is 5.43 Å². The fraction of sp³-hybridized carbons (Fsp3) is 0.167. The lowest BCUT2D eigenvalue weighted by atomic mass is 9.88. The quantitative estimate of drug-likeness (QED) is 0.265. The number of carboxylic acid groups (broad SMARTS) is 1. The van der Waals surface area contributed by atoms with Crippen LogP contribution < -0.4 is 5.43 Å². The van der Waals surface area contributed by atoms with E-state index in [2.05, 4.69) is 0 Å². The largest absolute Gasteiger partial charge is 0.506 e. The van der Waals surface area contributed by atoms with Gasteiger partial charge < -0.3 is 14.6 Å². The van der Waals surface area contributed by atoms with Crippen LogP contribution in [0.5, 0.6) is 5.75 Å². The van der Waals surface area contributed by atoms with Gasteiger partial charge in [-0.1, -0.05) is 60.3 Å². The third-order valence-corrected chi connectivity index (χ3v) is 6.55. The summed E-state index contributed by atoms with van der Waals surface area (Å²) in [5.41, 5.74) is 0.951. The standard InChI is InChI=1S/C24H16Cl4O5/c1-9(2)3-10-4-15(27)21(24(31)32)22(23(10)28)20-11-5-13(25)16(29)7-18(11)33-19-8-17(30)14(26)6-12(19)20/h4-9,29H,3H2,1-2H3,(H,31,32). The summed E-state index contributed by atoms with van der Waals surface area (Å²) in [6, 6.07) is 6.86. The molecule has 2 aliphatic rings. The minimum atomic E-state index is -1.29. The highest BCUT2D eigenvalue weighted by Gasteiger charge is 2.28. The van der Waals surface area contributed by atoms with E-state index in [1.54, 1.807) is 6.07 Å². The Morgan fingerprint density at radius 3 is 2.30 bits per heavy atom. The average molecular weight is 526 g/mol. The fourth-order valence-electron chi connectivity index (χ4n) is 3.88. The summed E-state index contributed by atoms with van der Waals surface area (Å²) in [6.07, 6.45) is 0.547. The molecule has 0 amide bonds. The van der Waals surface area contributed by atoms with Gasteiger partial charge >= 0.3 is 5.97 Å². The zero-order valence-electron chi connectivity index (χ0n) is 17.3. The van der Waals surface area contributed by atoms with Gasteiger partial charge in [0, 0.05) is 34.2 Å². The molecule has 9 heteroatoms. The normalized spacial score (nSPS) is 11.6. The number of carboxylic acids is 1. The Kier molecular flexibility index (Phi) is 6.27. The molecule has 0 saturated heterocycles. The smallest absolute Gasteiger partial charge is 0.337 e. The molecule has 170 valence electrons. The van der Waals surface area contributed by atoms with E-state index in [-0.39, 0.29) is 54.2 Å². The van der Waals surface area contributed by atoms with E-state index in [0.717, 1.165) is 0 Å². The fourth-order valence-corrected chi connectivity index (χ4v) is 4.84. The van der Waals surface area contributed by atoms with Crippen molar-refractivity contribution in [3.63, 3.8) is 0 Å². The van der Waals surface area contributed by atoms with Crippen LogP contribution in [-0.2, 0) is 6.42 Å². The summed E-state index contributed by atoms with van der Waals surface area (Å²) in [5.74, 6) is -1.19. The van der Waals surface area contributed by atoms with Gasteiger partial charge in [-0.25, -0.2) is 4.79 Å². The van der Waals surface area contributed by atoms with Crippen LogP contribution in [0.4, 0.5) is 0 Å². The molecule has 1 aliphatic carbocycles. The maximum atomic E-state index is 12.3. The first kappa shape index (κ1) is 23.7. The molecule has 33 heavy (non-hydrogen) atoms. The van der Waals surface area contributed by atoms with Crippen LogP contribution in [0.15, 0.2) is 39.5 Å². The van der Waals surface area contributed by atoms with Crippen LogP contribution in [0.25, 0.3) is 33.4 Å². The Bertz CT molecular complexity index is 1470. The van der Waals surface area contributed by atoms with Gasteiger partial charge in [-0.2, -0.15) is 0 Å². The molecule has 1 heterocycles. The van der Waals surface area contributed by atoms with Gasteiger partial charge in [0.05, 0.1) is 25.7 Å². The number of phenolic OH excluding ortho intramolecular Hbond substituents is 1. The first-order valence-electron chi connectivity index (χ1n) is 9.82. The summed E-state index contributed by atoms with van der Waals surface area (Å²) in [5, 5.41) is 20.7. The third kappa shape index (κ3) is 4.15. The van der Waals surface area contributed by atoms with Gasteiger partial charge in [0.25, 0.3) is 0 Å². The summed E-state index contributed by atoms with van der Waals surface area (Å²) < 4.78 is 5.84. The molecule has 5 nitrogen and oxygen atoms in total. The minimum absolute atomic E-state index is 0.0102. The van der Waals surface area contributed by atoms with E-state index in [9.17, 15) is 19.8 Å². The Labute approximate surface area is 208 Å². The maximum absolute atomic E-state index is 12.3. The Balaban J connectivity index is 2.29. The monoisotopic (exact) mass is 524 g/mol. The SMILES string of the molecule is CC(C)Cc1cc(Cl)c(C(=O)O)c(-c2c3cc(Cl)c(=O)cc-3oc3cc(O)c(Cl)cc23)c1Cl. The van der Waals surface area contributed by atoms with E-state index in [4.69, 9.17) is 50.8 Å². The van der Waals surface area contributed by atoms with Crippen LogP contribution in [0.3, 0.4) is 0 Å². The van der Waals surface area contributed by atoms with Crippen molar-refractivity contribution in [2.24, 2.45) is 5.92 Å². The Hall–Kier alpha value is -2.44. The highest BCUT2D eigenvalue weighted by Crippen LogP contribution is 2.48. The van der Waals surface area contributed by atoms with E-state index >= 15 is 0 Å². The van der Waals surface area contributed by atoms with Crippen molar-refractivity contribution in [1.82, 2.24) is 0 Å². The number of hydrogen-bond acceptors (Lipinski definition) is 4. The van der Waals surface area contributed by atoms with E-state index in [1.807, 2.05) is 13.8 Å². The highest BCUT2D eigenvalue weighted by atomic mass is 35.5. The predicted octanol–water partition coefficient (Wildman–Crippen LogP) is 7.78. The number of phenols is 1. The van der Waals surface area contributed by atoms with Gasteiger partial charge in [0.1, 0.15) is 17.1 Å². The molecule has 0 aromatic heterocycles. The second-order valence-electron chi connectivity index (χ2n) is 8.04. The lowest BCUT2D eigenvalue weighted by molar-refractivity contribution is 0.0698. The molecule has 2 aromatic rings. The molecule has 0 spiro atoms. The van der Waals surface area contributed by atoms with Gasteiger partial charge in [0.15, 0.2) is 0 Å². The number of aromatic carboxylic acids is 1. The predicted molar refractivity (Wildman–Crippen MR) is 132 cm³/mol. The van der Waals surface area contributed by atoms with Gasteiger partial charge in [-0.15, -0.1) is 0 Å². The lowest BCUT2D eigenvalue weighted by Crippen LogP contribution is -2.08. The molecule has 2 aromatic carbocycles. The van der Waals surface area contributed by atoms with Crippen LogP contribution >= 0.6 is 46.4 Å². The van der Waals surface area contributed by atoms with E-state index < -0.39 is 11.4 Å². The first-order chi connectivity index (χ1) is 15.5. The Morgan fingerprint density at radius 1 is 0.970 bits per heavy atom. The lowest BCUT2D eigenvalue weighted by Gasteiger charge is -2.21. The van der Waals surface area contributed by atoms with Crippen molar-refractivity contribution < 1.29 is 19.4 Å². The van der Waals surface area contributed by atoms with Crippen LogP contribution in [0.2, 0.25) is 20.1 Å². The first-order valence-corrected chi connectivity index (χ1v) is 11.3. The summed E-state index contributed by atoms with van der Waals surface area (Å²) in [7, 11) is 0. The molecule has 0 atom stereocenters. The van der Waals surface area contributed by atoms with E-state index in [1.165, 1.54) is 24.3 Å². The van der Waals surface area contributed by atoms with Crippen molar-refractivity contribution in [3.8, 4) is 28.2 Å². The molecule has 0 saturated carbocycles. The molecule has 1 aliphatic heterocycles. The topological polar surface area (TPSA) is 87.7 Å². The minimum Gasteiger partial charge on any atom is -0.506 e. The van der Waals surface area contributed by atoms with Crippen molar-refractivity contribution in [3.05, 3.63) is 71.8 Å². The molecular weight excluding hydrogens is 510 g/mol. The van der Waals surface area contributed by atoms with Crippen molar-refractivity contribution in [2.75, 3.05) is 0 Å². The number of benzene rings is 3. The molecular formula is C24H16Cl4O5. The number of fused-ring (bicyclic) bond motifs is 2. The molecule has 4 rings (SSSR count). The zero-order chi connectivity index (χ0) is 24.2. The highest BCUT2D eigenvalue weighted by molar-refractivity contribution is 6.40. The van der Waals surface area contributed by atoms with Crippen LogP contribution in [0, 0.1) is 5.92 Å². The van der Waals surface area contributed by atoms with Crippen molar-refractivity contribution in [2.45, 2.75) is 20.3 Å². The molecule has 0 fully saturated rings. The molecule has 0 radical (unpaired) electrons. The number of hydrogen-bond donors (Lipinski definition) is 2. The zero-order valence-corrected chi connectivity index (χ0v) is 20.3. The maximum Gasteiger partial charge on any atom is 0.337 e. The Morgan fingerprint density at radius 2 is 1.67 bits per heavy atom. The van der Waals surface area contributed by atoms with Gasteiger partial charge in [-0.3, -0.25) is 4.79 Å². The van der Waals surface area contributed by atoms with Crippen molar-refractivity contribution in [1.29, 1.82) is 0 Å². The van der Waals surface area contributed by atoms with Crippen LogP contribution in [0.1, 0.15) is 29.8 Å². The summed E-state index contributed by atoms with van der Waals surface area (Å²) in [6.45, 7) is 4.00. The third-order valence-electron chi connectivity index (χ3n) is 5.22. The molecule has 0 bridgehead atoms. The van der Waals surface area contributed by atoms with Crippen LogP contribution in [-0.4, -0.2) is 16.2 Å². The van der Waals surface area contributed by atoms with Crippen molar-refractivity contribution >= 4 is 63.3 Å².